The predicted octanol–water partition coefficient (Wildman–Crippen LogP) is 4.61. The van der Waals surface area contributed by atoms with E-state index in [0.717, 1.165) is 0 Å². The summed E-state index contributed by atoms with van der Waals surface area (Å²) in [6.07, 6.45) is 1.17. The first-order valence-corrected chi connectivity index (χ1v) is 12.8. The van der Waals surface area contributed by atoms with Crippen molar-refractivity contribution < 1.29 is 13.2 Å². The lowest BCUT2D eigenvalue weighted by molar-refractivity contribution is 0.281. The first-order valence-electron chi connectivity index (χ1n) is 11.4. The topological polar surface area (TPSA) is 81.5 Å². The van der Waals surface area contributed by atoms with Gasteiger partial charge in [0.25, 0.3) is 5.56 Å². The Morgan fingerprint density at radius 1 is 1.06 bits per heavy atom. The normalized spacial score (nSPS) is 13.1. The largest absolute Gasteiger partial charge is 0.497 e. The van der Waals surface area contributed by atoms with E-state index >= 15 is 0 Å². The van der Waals surface area contributed by atoms with Crippen LogP contribution in [0.3, 0.4) is 0 Å². The molecule has 33 heavy (non-hydrogen) atoms. The number of rotatable bonds is 10. The fraction of sp³-hybridized carbons (Fsp3) is 0.440. The molecule has 0 amide bonds. The lowest BCUT2D eigenvalue weighted by atomic mass is 10.1. The van der Waals surface area contributed by atoms with E-state index in [4.69, 9.17) is 9.72 Å². The van der Waals surface area contributed by atoms with Crippen LogP contribution in [0, 0.1) is 5.92 Å². The molecule has 0 radical (unpaired) electrons. The average Bonchev–Trinajstić information content (AvgIpc) is 2.81. The van der Waals surface area contributed by atoms with Crippen LogP contribution in [0.5, 0.6) is 5.75 Å². The minimum atomic E-state index is -3.85. The van der Waals surface area contributed by atoms with Gasteiger partial charge < -0.3 is 4.74 Å². The number of benzene rings is 2. The number of methoxy groups -OCH3 is 1. The number of ether oxygens (including phenoxy) is 1. The Bertz CT molecular complexity index is 1250. The van der Waals surface area contributed by atoms with Crippen LogP contribution in [0.1, 0.15) is 52.4 Å². The molecule has 0 N–H and O–H groups in total. The van der Waals surface area contributed by atoms with E-state index in [1.54, 1.807) is 48.1 Å². The Morgan fingerprint density at radius 2 is 1.73 bits per heavy atom. The van der Waals surface area contributed by atoms with Gasteiger partial charge in [-0.3, -0.25) is 9.36 Å². The maximum atomic E-state index is 13.8. The third-order valence-electron chi connectivity index (χ3n) is 5.83. The molecule has 0 saturated carbocycles. The molecule has 178 valence electrons. The van der Waals surface area contributed by atoms with Gasteiger partial charge in [-0.25, -0.2) is 13.4 Å². The van der Waals surface area contributed by atoms with Gasteiger partial charge in [0.15, 0.2) is 0 Å². The minimum Gasteiger partial charge on any atom is -0.497 e. The Hall–Kier alpha value is -2.71. The van der Waals surface area contributed by atoms with E-state index < -0.39 is 16.1 Å². The molecule has 8 heteroatoms. The highest BCUT2D eigenvalue weighted by Crippen LogP contribution is 2.31. The Kier molecular flexibility index (Phi) is 7.92. The second-order valence-electron chi connectivity index (χ2n) is 8.43. The molecule has 3 aromatic rings. The van der Waals surface area contributed by atoms with Crippen molar-refractivity contribution in [1.82, 2.24) is 13.9 Å². The van der Waals surface area contributed by atoms with Crippen LogP contribution in [0.25, 0.3) is 10.9 Å². The van der Waals surface area contributed by atoms with E-state index in [2.05, 4.69) is 13.8 Å². The molecule has 0 saturated heterocycles. The quantitative estimate of drug-likeness (QED) is 0.431. The van der Waals surface area contributed by atoms with Crippen LogP contribution in [0.2, 0.25) is 0 Å². The molecule has 7 nitrogen and oxygen atoms in total. The number of hydrogen-bond acceptors (Lipinski definition) is 5. The zero-order chi connectivity index (χ0) is 24.2. The molecule has 1 atom stereocenters. The summed E-state index contributed by atoms with van der Waals surface area (Å²) < 4.78 is 36.0. The van der Waals surface area contributed by atoms with Gasteiger partial charge in [0.2, 0.25) is 10.0 Å². The maximum absolute atomic E-state index is 13.8. The molecule has 0 aliphatic rings. The highest BCUT2D eigenvalue weighted by Gasteiger charge is 2.34. The molecule has 0 spiro atoms. The molecule has 0 aliphatic carbocycles. The van der Waals surface area contributed by atoms with Crippen LogP contribution >= 0.6 is 0 Å². The van der Waals surface area contributed by atoms with Gasteiger partial charge in [0.1, 0.15) is 11.6 Å². The number of fused-ring (bicyclic) bond motifs is 1. The summed E-state index contributed by atoms with van der Waals surface area (Å²) in [7, 11) is -2.31. The molecule has 0 aliphatic heterocycles. The van der Waals surface area contributed by atoms with Gasteiger partial charge in [-0.2, -0.15) is 4.31 Å². The van der Waals surface area contributed by atoms with E-state index in [9.17, 15) is 13.2 Å². The first-order chi connectivity index (χ1) is 15.7. The number of hydrogen-bond donors (Lipinski definition) is 0. The summed E-state index contributed by atoms with van der Waals surface area (Å²) in [4.78, 5) is 18.2. The Balaban J connectivity index is 2.19. The second kappa shape index (κ2) is 10.5. The Morgan fingerprint density at radius 3 is 2.30 bits per heavy atom. The molecule has 3 rings (SSSR count). The summed E-state index contributed by atoms with van der Waals surface area (Å²) in [5.41, 5.74) is 0.425. The van der Waals surface area contributed by atoms with Gasteiger partial charge in [0.05, 0.1) is 29.0 Å². The molecule has 2 aromatic carbocycles. The summed E-state index contributed by atoms with van der Waals surface area (Å²) >= 11 is 0. The van der Waals surface area contributed by atoms with E-state index in [1.165, 1.54) is 4.31 Å². The van der Waals surface area contributed by atoms with E-state index in [0.29, 0.717) is 54.3 Å². The summed E-state index contributed by atoms with van der Waals surface area (Å²) in [6, 6.07) is 13.0. The maximum Gasteiger partial charge on any atom is 0.261 e. The lowest BCUT2D eigenvalue weighted by Gasteiger charge is -2.32. The molecule has 0 bridgehead atoms. The van der Waals surface area contributed by atoms with Gasteiger partial charge in [-0.1, -0.05) is 32.9 Å². The fourth-order valence-corrected chi connectivity index (χ4v) is 5.65. The minimum absolute atomic E-state index is 0.151. The predicted molar refractivity (Wildman–Crippen MR) is 131 cm³/mol. The average molecular weight is 472 g/mol. The molecule has 0 fully saturated rings. The van der Waals surface area contributed by atoms with Crippen LogP contribution < -0.4 is 10.3 Å². The molecular formula is C25H33N3O4S. The van der Waals surface area contributed by atoms with Gasteiger partial charge >= 0.3 is 0 Å². The number of aromatic nitrogens is 2. The summed E-state index contributed by atoms with van der Waals surface area (Å²) in [6.45, 7) is 8.67. The summed E-state index contributed by atoms with van der Waals surface area (Å²) in [5, 5.41) is 0.532. The van der Waals surface area contributed by atoms with Gasteiger partial charge in [-0.15, -0.1) is 0 Å². The zero-order valence-electron chi connectivity index (χ0n) is 20.0. The van der Waals surface area contributed by atoms with Crippen LogP contribution in [-0.4, -0.2) is 35.9 Å². The van der Waals surface area contributed by atoms with Gasteiger partial charge in [-0.05, 0) is 62.1 Å². The van der Waals surface area contributed by atoms with Gasteiger partial charge in [0, 0.05) is 13.1 Å². The first kappa shape index (κ1) is 24.9. The van der Waals surface area contributed by atoms with Crippen LogP contribution in [0.15, 0.2) is 58.2 Å². The Labute approximate surface area is 196 Å². The monoisotopic (exact) mass is 471 g/mol. The van der Waals surface area contributed by atoms with E-state index in [-0.39, 0.29) is 10.5 Å². The molecule has 1 aromatic heterocycles. The van der Waals surface area contributed by atoms with Crippen molar-refractivity contribution in [2.75, 3.05) is 13.7 Å². The third-order valence-corrected chi connectivity index (χ3v) is 7.76. The SMILES string of the molecule is CCC(c1nc2ccccc2c(=O)n1CC)N(CCC(C)C)S(=O)(=O)c1ccc(OC)cc1. The van der Waals surface area contributed by atoms with Crippen molar-refractivity contribution in [1.29, 1.82) is 0 Å². The zero-order valence-corrected chi connectivity index (χ0v) is 20.8. The van der Waals surface area contributed by atoms with Crippen molar-refractivity contribution in [3.8, 4) is 5.75 Å². The third kappa shape index (κ3) is 5.12. The standard InChI is InChI=1S/C25H33N3O4S/c1-6-23(24-26-22-11-9-8-10-21(22)25(29)27(24)7-2)28(17-16-18(3)4)33(30,31)20-14-12-19(32-5)13-15-20/h8-15,18,23H,6-7,16-17H2,1-5H3. The van der Waals surface area contributed by atoms with Crippen molar-refractivity contribution >= 4 is 20.9 Å². The van der Waals surface area contributed by atoms with Crippen molar-refractivity contribution in [2.24, 2.45) is 5.92 Å². The smallest absolute Gasteiger partial charge is 0.261 e. The molecule has 1 unspecified atom stereocenters. The number of para-hydroxylation sites is 1. The van der Waals surface area contributed by atoms with Crippen molar-refractivity contribution in [3.63, 3.8) is 0 Å². The molecular weight excluding hydrogens is 438 g/mol. The second-order valence-corrected chi connectivity index (χ2v) is 10.3. The highest BCUT2D eigenvalue weighted by atomic mass is 32.2. The fourth-order valence-electron chi connectivity index (χ4n) is 3.97. The lowest BCUT2D eigenvalue weighted by Crippen LogP contribution is -2.39. The van der Waals surface area contributed by atoms with E-state index in [1.807, 2.05) is 26.0 Å². The van der Waals surface area contributed by atoms with Crippen molar-refractivity contribution in [2.45, 2.75) is 58.0 Å². The van der Waals surface area contributed by atoms with Crippen molar-refractivity contribution in [3.05, 3.63) is 64.7 Å². The summed E-state index contributed by atoms with van der Waals surface area (Å²) in [5.74, 6) is 1.38. The number of sulfonamides is 1. The molecule has 1 heterocycles. The number of nitrogens with zero attached hydrogens (tertiary/aromatic N) is 3. The van der Waals surface area contributed by atoms with Crippen LogP contribution in [-0.2, 0) is 16.6 Å². The van der Waals surface area contributed by atoms with Crippen LogP contribution in [0.4, 0.5) is 0 Å². The highest BCUT2D eigenvalue weighted by molar-refractivity contribution is 7.89.